The van der Waals surface area contributed by atoms with E-state index in [0.29, 0.717) is 6.04 Å². The van der Waals surface area contributed by atoms with Gasteiger partial charge >= 0.3 is 0 Å². The van der Waals surface area contributed by atoms with Crippen LogP contribution in [0.25, 0.3) is 0 Å². The Balaban J connectivity index is 1.55. The normalized spacial score (nSPS) is 28.8. The van der Waals surface area contributed by atoms with Crippen molar-refractivity contribution < 1.29 is 0 Å². The van der Waals surface area contributed by atoms with Crippen molar-refractivity contribution in [3.8, 4) is 0 Å². The fourth-order valence-electron chi connectivity index (χ4n) is 4.17. The summed E-state index contributed by atoms with van der Waals surface area (Å²) in [5.74, 6) is 0.828. The van der Waals surface area contributed by atoms with E-state index in [1.54, 1.807) is 5.56 Å². The van der Waals surface area contributed by atoms with Gasteiger partial charge in [0.25, 0.3) is 0 Å². The SMILES string of the molecule is CCN1CC(Cc2ccsc2)CC(NC2CCCCC2)C1. The number of hydrogen-bond donors (Lipinski definition) is 1. The largest absolute Gasteiger partial charge is 0.310 e. The second-order valence-electron chi connectivity index (χ2n) is 6.99. The Bertz CT molecular complexity index is 397. The second-order valence-corrected chi connectivity index (χ2v) is 7.77. The van der Waals surface area contributed by atoms with Crippen molar-refractivity contribution in [2.45, 2.75) is 64.0 Å². The van der Waals surface area contributed by atoms with Gasteiger partial charge in [0.15, 0.2) is 0 Å². The van der Waals surface area contributed by atoms with Crippen molar-refractivity contribution in [3.05, 3.63) is 22.4 Å². The van der Waals surface area contributed by atoms with Gasteiger partial charge in [-0.3, -0.25) is 0 Å². The zero-order valence-corrected chi connectivity index (χ0v) is 14.2. The first-order chi connectivity index (χ1) is 10.3. The molecule has 0 radical (unpaired) electrons. The van der Waals surface area contributed by atoms with Gasteiger partial charge in [-0.15, -0.1) is 0 Å². The summed E-state index contributed by atoms with van der Waals surface area (Å²) in [5, 5.41) is 8.54. The Hall–Kier alpha value is -0.380. The summed E-state index contributed by atoms with van der Waals surface area (Å²) in [7, 11) is 0. The molecule has 3 heteroatoms. The lowest BCUT2D eigenvalue weighted by molar-refractivity contribution is 0.135. The molecule has 0 spiro atoms. The lowest BCUT2D eigenvalue weighted by Gasteiger charge is -2.40. The minimum atomic E-state index is 0.713. The molecule has 1 aliphatic carbocycles. The van der Waals surface area contributed by atoms with Crippen LogP contribution in [0.2, 0.25) is 0 Å². The maximum absolute atomic E-state index is 3.99. The third kappa shape index (κ3) is 4.54. The molecule has 0 amide bonds. The highest BCUT2D eigenvalue weighted by Crippen LogP contribution is 2.24. The molecule has 3 rings (SSSR count). The first kappa shape index (κ1) is 15.5. The molecule has 1 saturated heterocycles. The van der Waals surface area contributed by atoms with E-state index in [1.165, 1.54) is 64.6 Å². The number of nitrogens with one attached hydrogen (secondary N) is 1. The van der Waals surface area contributed by atoms with Gasteiger partial charge in [0.2, 0.25) is 0 Å². The van der Waals surface area contributed by atoms with E-state index in [9.17, 15) is 0 Å². The van der Waals surface area contributed by atoms with Crippen LogP contribution < -0.4 is 5.32 Å². The quantitative estimate of drug-likeness (QED) is 0.887. The minimum absolute atomic E-state index is 0.713. The van der Waals surface area contributed by atoms with Gasteiger partial charge in [0.1, 0.15) is 0 Å². The maximum atomic E-state index is 3.99. The van der Waals surface area contributed by atoms with Crippen LogP contribution in [-0.2, 0) is 6.42 Å². The standard InChI is InChI=1S/C18H30N2S/c1-2-20-12-16(10-15-8-9-21-14-15)11-18(13-20)19-17-6-4-3-5-7-17/h8-9,14,16-19H,2-7,10-13H2,1H3. The van der Waals surface area contributed by atoms with Gasteiger partial charge in [-0.2, -0.15) is 11.3 Å². The molecule has 21 heavy (non-hydrogen) atoms. The van der Waals surface area contributed by atoms with E-state index in [0.717, 1.165) is 12.0 Å². The third-order valence-electron chi connectivity index (χ3n) is 5.24. The molecule has 118 valence electrons. The zero-order chi connectivity index (χ0) is 14.5. The molecule has 2 nitrogen and oxygen atoms in total. The van der Waals surface area contributed by atoms with Crippen LogP contribution in [0.5, 0.6) is 0 Å². The molecule has 0 aromatic carbocycles. The fourth-order valence-corrected chi connectivity index (χ4v) is 4.86. The van der Waals surface area contributed by atoms with Gasteiger partial charge in [-0.05, 0) is 60.5 Å². The Morgan fingerprint density at radius 2 is 2.05 bits per heavy atom. The summed E-state index contributed by atoms with van der Waals surface area (Å²) in [4.78, 5) is 2.65. The van der Waals surface area contributed by atoms with E-state index in [2.05, 4.69) is 34.0 Å². The van der Waals surface area contributed by atoms with Crippen LogP contribution in [0.4, 0.5) is 0 Å². The second kappa shape index (κ2) is 7.75. The number of likely N-dealkylation sites (tertiary alicyclic amines) is 1. The van der Waals surface area contributed by atoms with Crippen molar-refractivity contribution in [1.82, 2.24) is 10.2 Å². The van der Waals surface area contributed by atoms with Crippen molar-refractivity contribution in [2.24, 2.45) is 5.92 Å². The Morgan fingerprint density at radius 1 is 1.19 bits per heavy atom. The highest BCUT2D eigenvalue weighted by Gasteiger charge is 2.28. The Morgan fingerprint density at radius 3 is 2.76 bits per heavy atom. The van der Waals surface area contributed by atoms with Crippen LogP contribution in [-0.4, -0.2) is 36.6 Å². The number of piperidine rings is 1. The maximum Gasteiger partial charge on any atom is 0.0200 e. The predicted molar refractivity (Wildman–Crippen MR) is 92.0 cm³/mol. The average molecular weight is 307 g/mol. The molecule has 2 aliphatic rings. The van der Waals surface area contributed by atoms with Crippen LogP contribution in [0.3, 0.4) is 0 Å². The molecular weight excluding hydrogens is 276 g/mol. The summed E-state index contributed by atoms with van der Waals surface area (Å²) >= 11 is 1.83. The molecule has 1 aliphatic heterocycles. The predicted octanol–water partition coefficient (Wildman–Crippen LogP) is 3.92. The molecule has 1 saturated carbocycles. The van der Waals surface area contributed by atoms with E-state index >= 15 is 0 Å². The molecule has 2 heterocycles. The van der Waals surface area contributed by atoms with E-state index in [-0.39, 0.29) is 0 Å². The molecule has 1 aromatic rings. The van der Waals surface area contributed by atoms with Gasteiger partial charge in [0, 0.05) is 25.2 Å². The molecule has 0 bridgehead atoms. The average Bonchev–Trinajstić information content (AvgIpc) is 3.01. The first-order valence-electron chi connectivity index (χ1n) is 8.83. The lowest BCUT2D eigenvalue weighted by Crippen LogP contribution is -2.52. The molecule has 1 aromatic heterocycles. The van der Waals surface area contributed by atoms with Gasteiger partial charge < -0.3 is 10.2 Å². The highest BCUT2D eigenvalue weighted by atomic mass is 32.1. The fraction of sp³-hybridized carbons (Fsp3) is 0.778. The topological polar surface area (TPSA) is 15.3 Å². The van der Waals surface area contributed by atoms with Crippen molar-refractivity contribution in [1.29, 1.82) is 0 Å². The van der Waals surface area contributed by atoms with Crippen LogP contribution in [0.15, 0.2) is 16.8 Å². The summed E-state index contributed by atoms with van der Waals surface area (Å²) in [6.07, 6.45) is 9.74. The van der Waals surface area contributed by atoms with Crippen LogP contribution in [0, 0.1) is 5.92 Å². The highest BCUT2D eigenvalue weighted by molar-refractivity contribution is 7.07. The number of nitrogens with zero attached hydrogens (tertiary/aromatic N) is 1. The number of thiophene rings is 1. The van der Waals surface area contributed by atoms with Crippen LogP contribution >= 0.6 is 11.3 Å². The number of hydrogen-bond acceptors (Lipinski definition) is 3. The summed E-state index contributed by atoms with van der Waals surface area (Å²) in [5.41, 5.74) is 1.54. The van der Waals surface area contributed by atoms with Crippen LogP contribution in [0.1, 0.15) is 51.0 Å². The molecule has 2 unspecified atom stereocenters. The van der Waals surface area contributed by atoms with Crippen molar-refractivity contribution >= 4 is 11.3 Å². The summed E-state index contributed by atoms with van der Waals surface area (Å²) in [6.45, 7) is 6.05. The molecule has 2 atom stereocenters. The summed E-state index contributed by atoms with van der Waals surface area (Å²) in [6, 6.07) is 3.81. The number of likely N-dealkylation sites (N-methyl/N-ethyl adjacent to an activating group) is 1. The van der Waals surface area contributed by atoms with Crippen molar-refractivity contribution in [3.63, 3.8) is 0 Å². The summed E-state index contributed by atoms with van der Waals surface area (Å²) < 4.78 is 0. The first-order valence-corrected chi connectivity index (χ1v) is 9.77. The third-order valence-corrected chi connectivity index (χ3v) is 5.97. The monoisotopic (exact) mass is 306 g/mol. The number of rotatable bonds is 5. The lowest BCUT2D eigenvalue weighted by atomic mass is 9.88. The van der Waals surface area contributed by atoms with E-state index in [4.69, 9.17) is 0 Å². The van der Waals surface area contributed by atoms with E-state index in [1.807, 2.05) is 11.3 Å². The zero-order valence-electron chi connectivity index (χ0n) is 13.4. The Kier molecular flexibility index (Phi) is 5.73. The smallest absolute Gasteiger partial charge is 0.0200 e. The Labute approximate surface area is 133 Å². The van der Waals surface area contributed by atoms with Crippen molar-refractivity contribution in [2.75, 3.05) is 19.6 Å². The van der Waals surface area contributed by atoms with Gasteiger partial charge in [0.05, 0.1) is 0 Å². The van der Waals surface area contributed by atoms with E-state index < -0.39 is 0 Å². The minimum Gasteiger partial charge on any atom is -0.310 e. The van der Waals surface area contributed by atoms with Gasteiger partial charge in [-0.1, -0.05) is 26.2 Å². The molecular formula is C18H30N2S. The molecule has 2 fully saturated rings. The molecule has 1 N–H and O–H groups in total. The van der Waals surface area contributed by atoms with Gasteiger partial charge in [-0.25, -0.2) is 0 Å².